The molecule has 2 fully saturated rings. The molecule has 2 aliphatic rings. The van der Waals surface area contributed by atoms with E-state index >= 15 is 0 Å². The smallest absolute Gasteiger partial charge is 0.292 e. The van der Waals surface area contributed by atoms with Crippen molar-refractivity contribution in [3.8, 4) is 0 Å². The number of aliphatic hydroxyl groups excluding tert-OH is 1. The van der Waals surface area contributed by atoms with Gasteiger partial charge in [0.1, 0.15) is 0 Å². The fourth-order valence-corrected chi connectivity index (χ4v) is 3.29. The number of rotatable bonds is 5. The highest BCUT2D eigenvalue weighted by Crippen LogP contribution is 2.30. The van der Waals surface area contributed by atoms with E-state index in [1.165, 1.54) is 0 Å². The van der Waals surface area contributed by atoms with Crippen LogP contribution in [0.5, 0.6) is 0 Å². The van der Waals surface area contributed by atoms with Gasteiger partial charge in [-0.25, -0.2) is 0 Å². The van der Waals surface area contributed by atoms with Crippen LogP contribution in [0.4, 0.5) is 0 Å². The molecular weight excluding hydrogens is 272 g/mol. The summed E-state index contributed by atoms with van der Waals surface area (Å²) in [6, 6.07) is 0.0765. The van der Waals surface area contributed by atoms with Crippen LogP contribution in [0.1, 0.15) is 54.7 Å². The Morgan fingerprint density at radius 3 is 2.95 bits per heavy atom. The van der Waals surface area contributed by atoms with Crippen molar-refractivity contribution in [2.24, 2.45) is 11.8 Å². The second-order valence-corrected chi connectivity index (χ2v) is 5.95. The Bertz CT molecular complexity index is 484. The summed E-state index contributed by atoms with van der Waals surface area (Å²) in [4.78, 5) is 16.2. The maximum absolute atomic E-state index is 12.0. The highest BCUT2D eigenvalue weighted by atomic mass is 16.5. The van der Waals surface area contributed by atoms with Crippen LogP contribution in [-0.4, -0.2) is 40.9 Å². The molecule has 1 aromatic heterocycles. The third-order valence-electron chi connectivity index (χ3n) is 4.58. The first kappa shape index (κ1) is 14.5. The fraction of sp³-hybridized carbons (Fsp3) is 0.786. The number of nitrogens with one attached hydrogen (secondary N) is 2. The first-order valence-corrected chi connectivity index (χ1v) is 7.74. The zero-order chi connectivity index (χ0) is 14.7. The molecule has 1 aliphatic heterocycles. The normalized spacial score (nSPS) is 28.9. The van der Waals surface area contributed by atoms with Crippen molar-refractivity contribution >= 4 is 5.91 Å². The Labute approximate surface area is 123 Å². The number of carbonyl (C=O) groups is 1. The zero-order valence-corrected chi connectivity index (χ0v) is 12.0. The average Bonchev–Trinajstić information content (AvgIpc) is 3.24. The lowest BCUT2D eigenvalue weighted by molar-refractivity contribution is 0.0924. The fourth-order valence-electron chi connectivity index (χ4n) is 3.29. The van der Waals surface area contributed by atoms with Gasteiger partial charge < -0.3 is 20.3 Å². The minimum absolute atomic E-state index is 0.0765. The number of aromatic nitrogens is 2. The first-order chi connectivity index (χ1) is 10.3. The Kier molecular flexibility index (Phi) is 4.50. The second kappa shape index (κ2) is 6.53. The predicted octanol–water partition coefficient (Wildman–Crippen LogP) is 0.632. The van der Waals surface area contributed by atoms with Crippen molar-refractivity contribution in [2.45, 2.75) is 38.1 Å². The third kappa shape index (κ3) is 3.24. The SMILES string of the molecule is O=C(NCC1CCCC1CO)c1noc(C2CCCN2)n1. The molecule has 7 nitrogen and oxygen atoms in total. The van der Waals surface area contributed by atoms with Crippen molar-refractivity contribution in [3.63, 3.8) is 0 Å². The maximum Gasteiger partial charge on any atom is 0.292 e. The van der Waals surface area contributed by atoms with Gasteiger partial charge in [-0.2, -0.15) is 4.98 Å². The lowest BCUT2D eigenvalue weighted by Crippen LogP contribution is -2.32. The summed E-state index contributed by atoms with van der Waals surface area (Å²) in [5.74, 6) is 0.936. The van der Waals surface area contributed by atoms with Gasteiger partial charge in [-0.1, -0.05) is 11.6 Å². The van der Waals surface area contributed by atoms with Gasteiger partial charge in [0.2, 0.25) is 5.89 Å². The van der Waals surface area contributed by atoms with Crippen LogP contribution < -0.4 is 10.6 Å². The van der Waals surface area contributed by atoms with E-state index in [-0.39, 0.29) is 24.4 Å². The number of amides is 1. The summed E-state index contributed by atoms with van der Waals surface area (Å²) < 4.78 is 5.16. The van der Waals surface area contributed by atoms with Crippen LogP contribution in [0.3, 0.4) is 0 Å². The molecule has 21 heavy (non-hydrogen) atoms. The van der Waals surface area contributed by atoms with Gasteiger partial charge in [0, 0.05) is 13.2 Å². The predicted molar refractivity (Wildman–Crippen MR) is 74.5 cm³/mol. The lowest BCUT2D eigenvalue weighted by Gasteiger charge is -2.16. The minimum atomic E-state index is -0.299. The zero-order valence-electron chi connectivity index (χ0n) is 12.0. The Hall–Kier alpha value is -1.47. The molecule has 0 bridgehead atoms. The van der Waals surface area contributed by atoms with Gasteiger partial charge in [0.25, 0.3) is 11.7 Å². The molecule has 2 heterocycles. The molecule has 1 amide bonds. The summed E-state index contributed by atoms with van der Waals surface area (Å²) >= 11 is 0. The van der Waals surface area contributed by atoms with Crippen molar-refractivity contribution in [1.29, 1.82) is 0 Å². The van der Waals surface area contributed by atoms with Gasteiger partial charge >= 0.3 is 0 Å². The summed E-state index contributed by atoms with van der Waals surface area (Å²) in [6.07, 6.45) is 5.25. The first-order valence-electron chi connectivity index (χ1n) is 7.74. The van der Waals surface area contributed by atoms with Crippen LogP contribution in [0, 0.1) is 11.8 Å². The molecule has 116 valence electrons. The summed E-state index contributed by atoms with van der Waals surface area (Å²) in [6.45, 7) is 1.70. The second-order valence-electron chi connectivity index (χ2n) is 5.95. The molecule has 7 heteroatoms. The van der Waals surface area contributed by atoms with Crippen molar-refractivity contribution in [1.82, 2.24) is 20.8 Å². The third-order valence-corrected chi connectivity index (χ3v) is 4.58. The van der Waals surface area contributed by atoms with Gasteiger partial charge in [0.05, 0.1) is 6.04 Å². The molecule has 3 atom stereocenters. The number of aliphatic hydroxyl groups is 1. The van der Waals surface area contributed by atoms with Crippen LogP contribution in [0.2, 0.25) is 0 Å². The number of hydrogen-bond acceptors (Lipinski definition) is 6. The molecule has 3 rings (SSSR count). The molecule has 0 aromatic carbocycles. The van der Waals surface area contributed by atoms with Crippen LogP contribution >= 0.6 is 0 Å². The molecular formula is C14H22N4O3. The molecule has 1 saturated carbocycles. The van der Waals surface area contributed by atoms with E-state index in [4.69, 9.17) is 4.52 Å². The van der Waals surface area contributed by atoms with E-state index in [0.29, 0.717) is 24.3 Å². The summed E-state index contributed by atoms with van der Waals surface area (Å²) in [5, 5.41) is 19.2. The quantitative estimate of drug-likeness (QED) is 0.736. The highest BCUT2D eigenvalue weighted by Gasteiger charge is 2.28. The van der Waals surface area contributed by atoms with E-state index in [1.807, 2.05) is 0 Å². The van der Waals surface area contributed by atoms with E-state index in [0.717, 1.165) is 38.6 Å². The maximum atomic E-state index is 12.0. The van der Waals surface area contributed by atoms with Gasteiger partial charge in [-0.05, 0) is 44.1 Å². The minimum Gasteiger partial charge on any atom is -0.396 e. The van der Waals surface area contributed by atoms with Crippen molar-refractivity contribution in [3.05, 3.63) is 11.7 Å². The number of nitrogens with zero attached hydrogens (tertiary/aromatic N) is 2. The van der Waals surface area contributed by atoms with E-state index < -0.39 is 0 Å². The summed E-state index contributed by atoms with van der Waals surface area (Å²) in [5.41, 5.74) is 0. The topological polar surface area (TPSA) is 100 Å². The molecule has 3 unspecified atom stereocenters. The lowest BCUT2D eigenvalue weighted by atomic mass is 9.97. The molecule has 3 N–H and O–H groups in total. The van der Waals surface area contributed by atoms with Gasteiger partial charge in [-0.3, -0.25) is 4.79 Å². The molecule has 1 aromatic rings. The largest absolute Gasteiger partial charge is 0.396 e. The van der Waals surface area contributed by atoms with Crippen LogP contribution in [0.15, 0.2) is 4.52 Å². The molecule has 1 aliphatic carbocycles. The van der Waals surface area contributed by atoms with Crippen molar-refractivity contribution in [2.75, 3.05) is 19.7 Å². The van der Waals surface area contributed by atoms with Gasteiger partial charge in [-0.15, -0.1) is 0 Å². The van der Waals surface area contributed by atoms with Gasteiger partial charge in [0.15, 0.2) is 0 Å². The van der Waals surface area contributed by atoms with Crippen molar-refractivity contribution < 1.29 is 14.4 Å². The van der Waals surface area contributed by atoms with E-state index in [2.05, 4.69) is 20.8 Å². The summed E-state index contributed by atoms with van der Waals surface area (Å²) in [7, 11) is 0. The molecule has 1 saturated heterocycles. The number of carbonyl (C=O) groups excluding carboxylic acids is 1. The number of hydrogen-bond donors (Lipinski definition) is 3. The molecule has 0 spiro atoms. The van der Waals surface area contributed by atoms with Crippen LogP contribution in [-0.2, 0) is 0 Å². The average molecular weight is 294 g/mol. The Morgan fingerprint density at radius 1 is 1.33 bits per heavy atom. The van der Waals surface area contributed by atoms with E-state index in [9.17, 15) is 9.90 Å². The molecule has 0 radical (unpaired) electrons. The Morgan fingerprint density at radius 2 is 2.19 bits per heavy atom. The monoisotopic (exact) mass is 294 g/mol. The van der Waals surface area contributed by atoms with Crippen LogP contribution in [0.25, 0.3) is 0 Å². The van der Waals surface area contributed by atoms with E-state index in [1.54, 1.807) is 0 Å². The standard InChI is InChI=1S/C14H22N4O3/c19-8-10-4-1-3-9(10)7-16-13(20)12-17-14(21-18-12)11-5-2-6-15-11/h9-11,15,19H,1-8H2,(H,16,20). The highest BCUT2D eigenvalue weighted by molar-refractivity contribution is 5.90. The Balaban J connectivity index is 1.53.